The third kappa shape index (κ3) is 2.85. The highest BCUT2D eigenvalue weighted by atomic mass is 16.2. The molecule has 0 saturated carbocycles. The molecule has 4 rings (SSSR count). The summed E-state index contributed by atoms with van der Waals surface area (Å²) >= 11 is 0. The Morgan fingerprint density at radius 2 is 1.96 bits per heavy atom. The van der Waals surface area contributed by atoms with Gasteiger partial charge in [-0.25, -0.2) is 0 Å². The van der Waals surface area contributed by atoms with E-state index in [2.05, 4.69) is 10.3 Å². The molecule has 140 valence electrons. The van der Waals surface area contributed by atoms with Crippen LogP contribution in [0.3, 0.4) is 0 Å². The Morgan fingerprint density at radius 3 is 2.70 bits per heavy atom. The molecule has 6 nitrogen and oxygen atoms in total. The first-order valence-electron chi connectivity index (χ1n) is 9.38. The number of carbonyl (C=O) groups is 2. The van der Waals surface area contributed by atoms with Crippen LogP contribution in [-0.4, -0.2) is 39.8 Å². The van der Waals surface area contributed by atoms with Crippen LogP contribution in [0.1, 0.15) is 43.5 Å². The van der Waals surface area contributed by atoms with Gasteiger partial charge >= 0.3 is 0 Å². The van der Waals surface area contributed by atoms with Crippen LogP contribution in [-0.2, 0) is 4.79 Å². The number of aromatic amines is 1. The molecule has 2 aliphatic heterocycles. The van der Waals surface area contributed by atoms with Crippen LogP contribution in [0, 0.1) is 0 Å². The zero-order chi connectivity index (χ0) is 19.1. The van der Waals surface area contributed by atoms with E-state index in [9.17, 15) is 14.4 Å². The lowest BCUT2D eigenvalue weighted by Gasteiger charge is -2.25. The van der Waals surface area contributed by atoms with Gasteiger partial charge in [-0.05, 0) is 39.2 Å². The van der Waals surface area contributed by atoms with Crippen molar-refractivity contribution in [1.29, 1.82) is 0 Å². The van der Waals surface area contributed by atoms with Crippen molar-refractivity contribution in [3.05, 3.63) is 58.0 Å². The number of hydrogen-bond acceptors (Lipinski definition) is 3. The van der Waals surface area contributed by atoms with Crippen LogP contribution >= 0.6 is 0 Å². The van der Waals surface area contributed by atoms with Gasteiger partial charge in [-0.1, -0.05) is 24.3 Å². The molecule has 0 radical (unpaired) electrons. The van der Waals surface area contributed by atoms with Gasteiger partial charge in [-0.3, -0.25) is 14.4 Å². The molecule has 2 aromatic rings. The van der Waals surface area contributed by atoms with E-state index in [1.54, 1.807) is 18.2 Å². The van der Waals surface area contributed by atoms with E-state index >= 15 is 0 Å². The van der Waals surface area contributed by atoms with E-state index in [1.807, 2.05) is 30.9 Å². The molecule has 2 aliphatic rings. The summed E-state index contributed by atoms with van der Waals surface area (Å²) in [6.07, 6.45) is 5.98. The van der Waals surface area contributed by atoms with Gasteiger partial charge in [0.2, 0.25) is 5.91 Å². The van der Waals surface area contributed by atoms with E-state index in [0.29, 0.717) is 16.3 Å². The smallest absolute Gasteiger partial charge is 0.255 e. The van der Waals surface area contributed by atoms with E-state index in [-0.39, 0.29) is 35.5 Å². The lowest BCUT2D eigenvalue weighted by atomic mass is 9.95. The number of carbonyl (C=O) groups excluding carboxylic acids is 2. The second-order valence-electron chi connectivity index (χ2n) is 7.38. The molecule has 27 heavy (non-hydrogen) atoms. The summed E-state index contributed by atoms with van der Waals surface area (Å²) in [7, 11) is 0. The second-order valence-corrected chi connectivity index (χ2v) is 7.38. The molecule has 1 aromatic heterocycles. The number of amides is 2. The Balaban J connectivity index is 1.58. The molecular formula is C21H23N3O3. The number of benzene rings is 1. The van der Waals surface area contributed by atoms with Crippen LogP contribution in [0.2, 0.25) is 0 Å². The molecule has 2 N–H and O–H groups in total. The summed E-state index contributed by atoms with van der Waals surface area (Å²) < 4.78 is 0. The Labute approximate surface area is 157 Å². The maximum atomic E-state index is 12.9. The SMILES string of the molecule is C/C=C(\C)C(=O)N1[C@@H]2CC[C@H]1[C@@H](NC(=O)c1c[nH]c(=O)c3ccccc13)C2. The maximum absolute atomic E-state index is 12.9. The lowest BCUT2D eigenvalue weighted by Crippen LogP contribution is -2.45. The van der Waals surface area contributed by atoms with Crippen LogP contribution in [0.5, 0.6) is 0 Å². The largest absolute Gasteiger partial charge is 0.347 e. The molecule has 0 aliphatic carbocycles. The minimum Gasteiger partial charge on any atom is -0.347 e. The minimum atomic E-state index is -0.213. The zero-order valence-corrected chi connectivity index (χ0v) is 15.5. The van der Waals surface area contributed by atoms with Crippen LogP contribution in [0.15, 0.2) is 46.9 Å². The van der Waals surface area contributed by atoms with Gasteiger partial charge in [-0.2, -0.15) is 0 Å². The molecule has 1 aromatic carbocycles. The molecule has 2 fully saturated rings. The molecule has 6 heteroatoms. The molecule has 0 spiro atoms. The second kappa shape index (κ2) is 6.68. The molecule has 2 amide bonds. The maximum Gasteiger partial charge on any atom is 0.255 e. The highest BCUT2D eigenvalue weighted by Crippen LogP contribution is 2.38. The Morgan fingerprint density at radius 1 is 1.22 bits per heavy atom. The fraction of sp³-hybridized carbons (Fsp3) is 0.381. The average molecular weight is 365 g/mol. The predicted octanol–water partition coefficient (Wildman–Crippen LogP) is 2.36. The standard InChI is InChI=1S/C21H23N3O3/c1-3-12(2)21(27)24-13-8-9-18(24)17(10-13)23-20(26)16-11-22-19(25)15-7-5-4-6-14(15)16/h3-7,11,13,17-18H,8-10H2,1-2H3,(H,22,25)(H,23,26)/b12-3+/t13-,17+,18+/m1/s1. The highest BCUT2D eigenvalue weighted by molar-refractivity contribution is 6.06. The number of pyridine rings is 1. The number of hydrogen-bond donors (Lipinski definition) is 2. The van der Waals surface area contributed by atoms with E-state index in [4.69, 9.17) is 0 Å². The van der Waals surface area contributed by atoms with Crippen LogP contribution in [0.4, 0.5) is 0 Å². The molecule has 3 atom stereocenters. The molecule has 2 saturated heterocycles. The van der Waals surface area contributed by atoms with E-state index < -0.39 is 0 Å². The summed E-state index contributed by atoms with van der Waals surface area (Å²) in [5.74, 6) is -0.147. The van der Waals surface area contributed by atoms with Crippen LogP contribution < -0.4 is 10.9 Å². The number of nitrogens with one attached hydrogen (secondary N) is 2. The quantitative estimate of drug-likeness (QED) is 0.819. The van der Waals surface area contributed by atoms with Crippen molar-refractivity contribution in [3.63, 3.8) is 0 Å². The molecule has 3 heterocycles. The Bertz CT molecular complexity index is 1010. The van der Waals surface area contributed by atoms with E-state index in [0.717, 1.165) is 24.8 Å². The summed E-state index contributed by atoms with van der Waals surface area (Å²) in [6, 6.07) is 7.26. The Hall–Kier alpha value is -2.89. The van der Waals surface area contributed by atoms with Gasteiger partial charge in [-0.15, -0.1) is 0 Å². The normalized spacial score (nSPS) is 24.4. The number of H-pyrrole nitrogens is 1. The van der Waals surface area contributed by atoms with E-state index in [1.165, 1.54) is 6.20 Å². The first-order chi connectivity index (χ1) is 13.0. The van der Waals surface area contributed by atoms with Gasteiger partial charge in [0.05, 0.1) is 17.6 Å². The summed E-state index contributed by atoms with van der Waals surface area (Å²) in [5.41, 5.74) is 0.988. The van der Waals surface area contributed by atoms with Gasteiger partial charge in [0.1, 0.15) is 0 Å². The predicted molar refractivity (Wildman–Crippen MR) is 104 cm³/mol. The zero-order valence-electron chi connectivity index (χ0n) is 15.5. The number of nitrogens with zero attached hydrogens (tertiary/aromatic N) is 1. The van der Waals surface area contributed by atoms with Crippen molar-refractivity contribution >= 4 is 22.6 Å². The number of allylic oxidation sites excluding steroid dienone is 1. The minimum absolute atomic E-state index is 0.0374. The van der Waals surface area contributed by atoms with Crippen molar-refractivity contribution in [2.75, 3.05) is 0 Å². The molecule has 2 bridgehead atoms. The summed E-state index contributed by atoms with van der Waals surface area (Å²) in [5, 5.41) is 4.24. The topological polar surface area (TPSA) is 82.3 Å². The van der Waals surface area contributed by atoms with Gasteiger partial charge in [0.25, 0.3) is 11.5 Å². The first-order valence-corrected chi connectivity index (χ1v) is 9.38. The van der Waals surface area contributed by atoms with Crippen molar-refractivity contribution in [2.45, 2.75) is 51.2 Å². The highest BCUT2D eigenvalue weighted by Gasteiger charge is 2.49. The summed E-state index contributed by atoms with van der Waals surface area (Å²) in [6.45, 7) is 3.70. The third-order valence-corrected chi connectivity index (χ3v) is 5.91. The fourth-order valence-corrected chi connectivity index (χ4v) is 4.43. The number of rotatable bonds is 3. The van der Waals surface area contributed by atoms with Crippen molar-refractivity contribution in [3.8, 4) is 0 Å². The van der Waals surface area contributed by atoms with Gasteiger partial charge < -0.3 is 15.2 Å². The van der Waals surface area contributed by atoms with Crippen molar-refractivity contribution in [2.24, 2.45) is 0 Å². The molecular weight excluding hydrogens is 342 g/mol. The lowest BCUT2D eigenvalue weighted by molar-refractivity contribution is -0.128. The average Bonchev–Trinajstić information content (AvgIpc) is 3.24. The molecule has 0 unspecified atom stereocenters. The van der Waals surface area contributed by atoms with Gasteiger partial charge in [0.15, 0.2) is 0 Å². The fourth-order valence-electron chi connectivity index (χ4n) is 4.43. The van der Waals surface area contributed by atoms with Gasteiger partial charge in [0, 0.05) is 28.6 Å². The third-order valence-electron chi connectivity index (χ3n) is 5.91. The van der Waals surface area contributed by atoms with Crippen molar-refractivity contribution in [1.82, 2.24) is 15.2 Å². The monoisotopic (exact) mass is 365 g/mol. The summed E-state index contributed by atoms with van der Waals surface area (Å²) in [4.78, 5) is 42.1. The number of aromatic nitrogens is 1. The number of fused-ring (bicyclic) bond motifs is 3. The Kier molecular flexibility index (Phi) is 4.34. The first kappa shape index (κ1) is 17.5. The van der Waals surface area contributed by atoms with Crippen molar-refractivity contribution < 1.29 is 9.59 Å². The van der Waals surface area contributed by atoms with Crippen LogP contribution in [0.25, 0.3) is 10.8 Å².